The molecule has 2 aliphatic heterocycles. The second-order valence-electron chi connectivity index (χ2n) is 6.20. The van der Waals surface area contributed by atoms with Crippen molar-refractivity contribution in [2.45, 2.75) is 0 Å². The summed E-state index contributed by atoms with van der Waals surface area (Å²) in [6, 6.07) is 10.8. The van der Waals surface area contributed by atoms with Crippen molar-refractivity contribution in [1.82, 2.24) is 4.90 Å². The summed E-state index contributed by atoms with van der Waals surface area (Å²) < 4.78 is 24.6. The molecule has 0 aromatic heterocycles. The lowest BCUT2D eigenvalue weighted by Gasteiger charge is -2.18. The van der Waals surface area contributed by atoms with Gasteiger partial charge in [0.1, 0.15) is 25.6 Å². The molecule has 1 N–H and O–H groups in total. The molecule has 2 aromatic rings. The first-order chi connectivity index (χ1) is 14.0. The summed E-state index contributed by atoms with van der Waals surface area (Å²) in [4.78, 5) is 37.9. The van der Waals surface area contributed by atoms with Gasteiger partial charge in [-0.15, -0.1) is 0 Å². The van der Waals surface area contributed by atoms with E-state index in [0.29, 0.717) is 30.3 Å². The SMILES string of the molecule is O=C(CN1C(=O)S/C(=C/c2ccc3c(c2)OCCO3)C1=O)Nc1ccccc1F. The van der Waals surface area contributed by atoms with Crippen LogP contribution >= 0.6 is 11.8 Å². The van der Waals surface area contributed by atoms with Gasteiger partial charge in [0.15, 0.2) is 11.5 Å². The van der Waals surface area contributed by atoms with Crippen molar-refractivity contribution in [3.05, 3.63) is 58.8 Å². The second kappa shape index (κ2) is 7.96. The van der Waals surface area contributed by atoms with Gasteiger partial charge >= 0.3 is 0 Å². The molecule has 0 atom stereocenters. The number of carbonyl (C=O) groups is 3. The fourth-order valence-corrected chi connectivity index (χ4v) is 3.67. The molecule has 9 heteroatoms. The van der Waals surface area contributed by atoms with Gasteiger partial charge in [0, 0.05) is 0 Å². The first-order valence-electron chi connectivity index (χ1n) is 8.70. The smallest absolute Gasteiger partial charge is 0.294 e. The van der Waals surface area contributed by atoms with Crippen molar-refractivity contribution in [2.75, 3.05) is 25.1 Å². The van der Waals surface area contributed by atoms with Crippen LogP contribution in [0.2, 0.25) is 0 Å². The number of ether oxygens (including phenoxy) is 2. The molecule has 0 radical (unpaired) electrons. The standard InChI is InChI=1S/C20H15FN2O5S/c21-13-3-1-2-4-14(13)22-18(24)11-23-19(25)17(29-20(23)26)10-12-5-6-15-16(9-12)28-8-7-27-15/h1-6,9-10H,7-8,11H2,(H,22,24)/b17-10+. The number of rotatable bonds is 4. The van der Waals surface area contributed by atoms with E-state index in [-0.39, 0.29) is 10.6 Å². The van der Waals surface area contributed by atoms with Crippen LogP contribution in [0.15, 0.2) is 47.4 Å². The van der Waals surface area contributed by atoms with Crippen LogP contribution in [0.5, 0.6) is 11.5 Å². The van der Waals surface area contributed by atoms with Gasteiger partial charge in [-0.05, 0) is 47.7 Å². The normalized spacial score (nSPS) is 17.0. The van der Waals surface area contributed by atoms with Crippen LogP contribution in [0.4, 0.5) is 14.9 Å². The van der Waals surface area contributed by atoms with Gasteiger partial charge in [0.05, 0.1) is 10.6 Å². The first kappa shape index (κ1) is 19.0. The zero-order valence-corrected chi connectivity index (χ0v) is 15.8. The van der Waals surface area contributed by atoms with Gasteiger partial charge in [-0.2, -0.15) is 0 Å². The van der Waals surface area contributed by atoms with Crippen LogP contribution in [0.1, 0.15) is 5.56 Å². The number of hydrogen-bond acceptors (Lipinski definition) is 6. The van der Waals surface area contributed by atoms with E-state index in [2.05, 4.69) is 5.32 Å². The number of fused-ring (bicyclic) bond motifs is 1. The van der Waals surface area contributed by atoms with Crippen molar-refractivity contribution >= 4 is 40.6 Å². The Morgan fingerprint density at radius 3 is 2.69 bits per heavy atom. The average molecular weight is 414 g/mol. The number of para-hydroxylation sites is 1. The van der Waals surface area contributed by atoms with E-state index < -0.39 is 29.4 Å². The number of imide groups is 1. The van der Waals surface area contributed by atoms with Crippen molar-refractivity contribution in [3.8, 4) is 11.5 Å². The molecule has 1 saturated heterocycles. The molecule has 2 aromatic carbocycles. The van der Waals surface area contributed by atoms with Crippen molar-refractivity contribution in [2.24, 2.45) is 0 Å². The van der Waals surface area contributed by atoms with Gasteiger partial charge in [0.25, 0.3) is 11.1 Å². The zero-order chi connectivity index (χ0) is 20.4. The van der Waals surface area contributed by atoms with E-state index in [9.17, 15) is 18.8 Å². The van der Waals surface area contributed by atoms with Gasteiger partial charge in [-0.1, -0.05) is 18.2 Å². The molecule has 1 fully saturated rings. The largest absolute Gasteiger partial charge is 0.486 e. The van der Waals surface area contributed by atoms with Gasteiger partial charge in [0.2, 0.25) is 5.91 Å². The van der Waals surface area contributed by atoms with Crippen LogP contribution in [0.25, 0.3) is 6.08 Å². The predicted octanol–water partition coefficient (Wildman–Crippen LogP) is 3.27. The number of nitrogens with zero attached hydrogens (tertiary/aromatic N) is 1. The molecule has 0 saturated carbocycles. The number of carbonyl (C=O) groups excluding carboxylic acids is 3. The predicted molar refractivity (Wildman–Crippen MR) is 105 cm³/mol. The summed E-state index contributed by atoms with van der Waals surface area (Å²) in [6.07, 6.45) is 1.55. The molecule has 2 aliphatic rings. The van der Waals surface area contributed by atoms with Crippen LogP contribution in [0.3, 0.4) is 0 Å². The van der Waals surface area contributed by atoms with E-state index in [0.717, 1.165) is 16.7 Å². The summed E-state index contributed by atoms with van der Waals surface area (Å²) in [5, 5.41) is 1.79. The van der Waals surface area contributed by atoms with Crippen LogP contribution in [-0.2, 0) is 9.59 Å². The lowest BCUT2D eigenvalue weighted by atomic mass is 10.1. The highest BCUT2D eigenvalue weighted by atomic mass is 32.2. The van der Waals surface area contributed by atoms with Gasteiger partial charge in [-0.3, -0.25) is 19.3 Å². The number of halogens is 1. The molecule has 4 rings (SSSR count). The molecule has 7 nitrogen and oxygen atoms in total. The van der Waals surface area contributed by atoms with Crippen molar-refractivity contribution < 1.29 is 28.2 Å². The minimum atomic E-state index is -0.669. The third-order valence-electron chi connectivity index (χ3n) is 4.19. The summed E-state index contributed by atoms with van der Waals surface area (Å²) in [5.41, 5.74) is 0.645. The highest BCUT2D eigenvalue weighted by molar-refractivity contribution is 8.18. The fourth-order valence-electron chi connectivity index (χ4n) is 2.83. The Morgan fingerprint density at radius 1 is 1.14 bits per heavy atom. The molecule has 29 heavy (non-hydrogen) atoms. The summed E-state index contributed by atoms with van der Waals surface area (Å²) >= 11 is 0.738. The Hall–Kier alpha value is -3.33. The maximum absolute atomic E-state index is 13.6. The third kappa shape index (κ3) is 4.09. The highest BCUT2D eigenvalue weighted by Crippen LogP contribution is 2.35. The lowest BCUT2D eigenvalue weighted by molar-refractivity contribution is -0.127. The number of benzene rings is 2. The molecule has 0 bridgehead atoms. The fraction of sp³-hybridized carbons (Fsp3) is 0.150. The number of hydrogen-bond donors (Lipinski definition) is 1. The Bertz CT molecular complexity index is 1040. The minimum absolute atomic E-state index is 0.0173. The highest BCUT2D eigenvalue weighted by Gasteiger charge is 2.36. The molecule has 0 unspecified atom stereocenters. The topological polar surface area (TPSA) is 84.9 Å². The van der Waals surface area contributed by atoms with E-state index in [1.165, 1.54) is 18.2 Å². The van der Waals surface area contributed by atoms with Gasteiger partial charge in [-0.25, -0.2) is 4.39 Å². The van der Waals surface area contributed by atoms with Crippen LogP contribution in [-0.4, -0.2) is 41.7 Å². The van der Waals surface area contributed by atoms with E-state index in [4.69, 9.17) is 9.47 Å². The van der Waals surface area contributed by atoms with E-state index in [1.807, 2.05) is 0 Å². The summed E-state index contributed by atoms with van der Waals surface area (Å²) in [5.74, 6) is -0.676. The van der Waals surface area contributed by atoms with Crippen molar-refractivity contribution in [1.29, 1.82) is 0 Å². The molecular formula is C20H15FN2O5S. The number of nitrogens with one attached hydrogen (secondary N) is 1. The minimum Gasteiger partial charge on any atom is -0.486 e. The summed E-state index contributed by atoms with van der Waals surface area (Å²) in [6.45, 7) is 0.405. The molecular weight excluding hydrogens is 399 g/mol. The van der Waals surface area contributed by atoms with E-state index in [1.54, 1.807) is 30.3 Å². The Morgan fingerprint density at radius 2 is 1.90 bits per heavy atom. The monoisotopic (exact) mass is 414 g/mol. The Balaban J connectivity index is 1.46. The molecule has 3 amide bonds. The Kier molecular flexibility index (Phi) is 5.22. The molecule has 2 heterocycles. The van der Waals surface area contributed by atoms with Crippen molar-refractivity contribution in [3.63, 3.8) is 0 Å². The van der Waals surface area contributed by atoms with Crippen LogP contribution in [0, 0.1) is 5.82 Å². The second-order valence-corrected chi connectivity index (χ2v) is 7.19. The molecule has 148 valence electrons. The van der Waals surface area contributed by atoms with Crippen LogP contribution < -0.4 is 14.8 Å². The number of anilines is 1. The molecule has 0 aliphatic carbocycles. The van der Waals surface area contributed by atoms with E-state index >= 15 is 0 Å². The molecule has 0 spiro atoms. The van der Waals surface area contributed by atoms with Gasteiger partial charge < -0.3 is 14.8 Å². The maximum Gasteiger partial charge on any atom is 0.294 e. The third-order valence-corrected chi connectivity index (χ3v) is 5.09. The lowest BCUT2D eigenvalue weighted by Crippen LogP contribution is -2.36. The summed E-state index contributed by atoms with van der Waals surface area (Å²) in [7, 11) is 0. The maximum atomic E-state index is 13.6. The Labute approximate surface area is 169 Å². The average Bonchev–Trinajstić information content (AvgIpc) is 2.97. The zero-order valence-electron chi connectivity index (χ0n) is 15.0. The number of amides is 3. The number of thioether (sulfide) groups is 1. The first-order valence-corrected chi connectivity index (χ1v) is 9.52. The quantitative estimate of drug-likeness (QED) is 0.773.